The molecule has 5 aromatic rings. The van der Waals surface area contributed by atoms with Crippen LogP contribution in [-0.2, 0) is 10.0 Å². The van der Waals surface area contributed by atoms with Crippen LogP contribution >= 0.6 is 11.6 Å². The molecule has 0 amide bonds. The predicted octanol–water partition coefficient (Wildman–Crippen LogP) is 6.35. The molecule has 0 bridgehead atoms. The number of nitro benzene ring substituents is 1. The van der Waals surface area contributed by atoms with Gasteiger partial charge in [0.15, 0.2) is 0 Å². The van der Waals surface area contributed by atoms with Crippen molar-refractivity contribution >= 4 is 44.9 Å². The van der Waals surface area contributed by atoms with Crippen molar-refractivity contribution in [1.82, 2.24) is 9.78 Å². The fourth-order valence-corrected chi connectivity index (χ4v) is 5.05. The lowest BCUT2D eigenvalue weighted by Crippen LogP contribution is -2.13. The van der Waals surface area contributed by atoms with Crippen molar-refractivity contribution in [3.8, 4) is 16.9 Å². The first-order chi connectivity index (χ1) is 19.3. The zero-order valence-corrected chi connectivity index (χ0v) is 22.3. The van der Waals surface area contributed by atoms with Crippen LogP contribution in [0.15, 0.2) is 119 Å². The minimum atomic E-state index is -4.10. The first-order valence-electron chi connectivity index (χ1n) is 11.9. The lowest BCUT2D eigenvalue weighted by Gasteiger charge is -2.09. The molecule has 0 saturated carbocycles. The summed E-state index contributed by atoms with van der Waals surface area (Å²) in [4.78, 5) is 10.8. The third kappa shape index (κ3) is 6.01. The molecule has 5 rings (SSSR count). The SMILES string of the molecule is O=[N+]([O-])c1cc(S(=O)(=O)Nc2ccc(Cl)cc2)ccc1N/N=C/c1cn(-c2ccccc2)nc1-c1ccccc1. The molecule has 0 unspecified atom stereocenters. The summed E-state index contributed by atoms with van der Waals surface area (Å²) in [5.74, 6) is 0. The molecule has 0 aliphatic heterocycles. The molecule has 40 heavy (non-hydrogen) atoms. The number of rotatable bonds is 9. The molecule has 0 aliphatic rings. The monoisotopic (exact) mass is 572 g/mol. The Kier molecular flexibility index (Phi) is 7.58. The van der Waals surface area contributed by atoms with Gasteiger partial charge in [-0.2, -0.15) is 10.2 Å². The molecule has 1 aromatic heterocycles. The third-order valence-corrected chi connectivity index (χ3v) is 7.40. The van der Waals surface area contributed by atoms with Gasteiger partial charge in [-0.3, -0.25) is 20.3 Å². The van der Waals surface area contributed by atoms with E-state index in [9.17, 15) is 18.5 Å². The lowest BCUT2D eigenvalue weighted by atomic mass is 10.1. The van der Waals surface area contributed by atoms with Gasteiger partial charge in [0.1, 0.15) is 11.4 Å². The van der Waals surface area contributed by atoms with Crippen molar-refractivity contribution in [3.05, 3.63) is 130 Å². The Labute approximate surface area is 234 Å². The van der Waals surface area contributed by atoms with Crippen molar-refractivity contribution < 1.29 is 13.3 Å². The van der Waals surface area contributed by atoms with Gasteiger partial charge in [-0.25, -0.2) is 13.1 Å². The van der Waals surface area contributed by atoms with E-state index in [1.807, 2.05) is 60.7 Å². The number of para-hydroxylation sites is 1. The van der Waals surface area contributed by atoms with Crippen LogP contribution in [0.5, 0.6) is 0 Å². The zero-order valence-electron chi connectivity index (χ0n) is 20.7. The average molecular weight is 573 g/mol. The molecule has 4 aromatic carbocycles. The number of nitrogens with zero attached hydrogens (tertiary/aromatic N) is 4. The lowest BCUT2D eigenvalue weighted by molar-refractivity contribution is -0.384. The first kappa shape index (κ1) is 26.6. The topological polar surface area (TPSA) is 132 Å². The van der Waals surface area contributed by atoms with Gasteiger partial charge in [0, 0.05) is 34.1 Å². The van der Waals surface area contributed by atoms with Crippen LogP contribution in [0.4, 0.5) is 17.1 Å². The number of hydrogen-bond donors (Lipinski definition) is 2. The maximum atomic E-state index is 12.8. The Morgan fingerprint density at radius 1 is 0.925 bits per heavy atom. The smallest absolute Gasteiger partial charge is 0.280 e. The van der Waals surface area contributed by atoms with Gasteiger partial charge >= 0.3 is 0 Å². The van der Waals surface area contributed by atoms with Crippen LogP contribution in [0.3, 0.4) is 0 Å². The second kappa shape index (κ2) is 11.4. The molecule has 2 N–H and O–H groups in total. The molecule has 1 heterocycles. The molecule has 200 valence electrons. The molecular formula is C28H21ClN6O4S. The highest BCUT2D eigenvalue weighted by atomic mass is 35.5. The van der Waals surface area contributed by atoms with E-state index in [0.29, 0.717) is 16.3 Å². The summed E-state index contributed by atoms with van der Waals surface area (Å²) in [5, 5.41) is 21.2. The second-order valence-electron chi connectivity index (χ2n) is 8.50. The molecule has 0 atom stereocenters. The fourth-order valence-electron chi connectivity index (χ4n) is 3.84. The van der Waals surface area contributed by atoms with Gasteiger partial charge < -0.3 is 0 Å². The van der Waals surface area contributed by atoms with Gasteiger partial charge in [-0.15, -0.1) is 0 Å². The van der Waals surface area contributed by atoms with Crippen molar-refractivity contribution in [2.75, 3.05) is 10.1 Å². The van der Waals surface area contributed by atoms with E-state index in [4.69, 9.17) is 16.7 Å². The van der Waals surface area contributed by atoms with Crippen molar-refractivity contribution in [3.63, 3.8) is 0 Å². The first-order valence-corrected chi connectivity index (χ1v) is 13.7. The standard InChI is InChI=1S/C28H21ClN6O4S/c29-22-11-13-23(14-12-22)33-40(38,39)25-15-16-26(27(17-25)35(36)37)31-30-18-21-19-34(24-9-5-2-6-10-24)32-28(21)20-7-3-1-4-8-20/h1-19,31,33H/b30-18+. The molecule has 0 spiro atoms. The molecule has 0 fully saturated rings. The molecular weight excluding hydrogens is 552 g/mol. The Hall–Kier alpha value is -5.00. The molecule has 0 saturated heterocycles. The van der Waals surface area contributed by atoms with Crippen LogP contribution in [-0.4, -0.2) is 29.3 Å². The van der Waals surface area contributed by atoms with E-state index in [0.717, 1.165) is 17.3 Å². The number of aromatic nitrogens is 2. The summed E-state index contributed by atoms with van der Waals surface area (Å²) in [6, 6.07) is 28.7. The summed E-state index contributed by atoms with van der Waals surface area (Å²) in [6.07, 6.45) is 3.31. The Balaban J connectivity index is 1.42. The van der Waals surface area contributed by atoms with Crippen LogP contribution in [0.1, 0.15) is 5.56 Å². The highest BCUT2D eigenvalue weighted by Crippen LogP contribution is 2.29. The van der Waals surface area contributed by atoms with Crippen LogP contribution in [0, 0.1) is 10.1 Å². The number of sulfonamides is 1. The van der Waals surface area contributed by atoms with E-state index in [1.54, 1.807) is 10.9 Å². The van der Waals surface area contributed by atoms with E-state index >= 15 is 0 Å². The van der Waals surface area contributed by atoms with Crippen LogP contribution in [0.2, 0.25) is 5.02 Å². The summed E-state index contributed by atoms with van der Waals surface area (Å²) < 4.78 is 29.8. The Bertz CT molecular complexity index is 1790. The minimum absolute atomic E-state index is 0.0170. The fraction of sp³-hybridized carbons (Fsp3) is 0. The number of nitro groups is 1. The van der Waals surface area contributed by atoms with Gasteiger partial charge in [0.05, 0.1) is 21.7 Å². The molecule has 12 heteroatoms. The number of hydrogen-bond acceptors (Lipinski definition) is 7. The summed E-state index contributed by atoms with van der Waals surface area (Å²) in [5.41, 5.74) is 5.54. The van der Waals surface area contributed by atoms with Gasteiger partial charge in [-0.05, 0) is 48.5 Å². The summed E-state index contributed by atoms with van der Waals surface area (Å²) >= 11 is 5.85. The molecule has 0 aliphatic carbocycles. The Morgan fingerprint density at radius 2 is 1.60 bits per heavy atom. The highest BCUT2D eigenvalue weighted by molar-refractivity contribution is 7.92. The van der Waals surface area contributed by atoms with Crippen LogP contribution < -0.4 is 10.1 Å². The summed E-state index contributed by atoms with van der Waals surface area (Å²) in [6.45, 7) is 0. The second-order valence-corrected chi connectivity index (χ2v) is 10.6. The normalized spacial score (nSPS) is 11.4. The van der Waals surface area contributed by atoms with E-state index < -0.39 is 20.6 Å². The number of benzene rings is 4. The molecule has 0 radical (unpaired) electrons. The van der Waals surface area contributed by atoms with Gasteiger partial charge in [-0.1, -0.05) is 60.1 Å². The minimum Gasteiger partial charge on any atom is -0.280 e. The molecule has 10 nitrogen and oxygen atoms in total. The van der Waals surface area contributed by atoms with Crippen molar-refractivity contribution in [1.29, 1.82) is 0 Å². The maximum Gasteiger partial charge on any atom is 0.295 e. The average Bonchev–Trinajstić information content (AvgIpc) is 3.39. The van der Waals surface area contributed by atoms with Crippen LogP contribution in [0.25, 0.3) is 16.9 Å². The van der Waals surface area contributed by atoms with E-state index in [-0.39, 0.29) is 16.3 Å². The van der Waals surface area contributed by atoms with Crippen molar-refractivity contribution in [2.24, 2.45) is 5.10 Å². The highest BCUT2D eigenvalue weighted by Gasteiger charge is 2.22. The van der Waals surface area contributed by atoms with Gasteiger partial charge in [0.25, 0.3) is 15.7 Å². The van der Waals surface area contributed by atoms with Gasteiger partial charge in [0.2, 0.25) is 0 Å². The predicted molar refractivity (Wildman–Crippen MR) is 156 cm³/mol. The maximum absolute atomic E-state index is 12.8. The zero-order chi connectivity index (χ0) is 28.1. The number of halogens is 1. The number of hydrazone groups is 1. The summed E-state index contributed by atoms with van der Waals surface area (Å²) in [7, 11) is -4.10. The van der Waals surface area contributed by atoms with E-state index in [2.05, 4.69) is 15.2 Å². The largest absolute Gasteiger partial charge is 0.295 e. The van der Waals surface area contributed by atoms with Crippen molar-refractivity contribution in [2.45, 2.75) is 4.90 Å². The quantitative estimate of drug-likeness (QED) is 0.120. The number of anilines is 2. The third-order valence-electron chi connectivity index (χ3n) is 5.77. The Morgan fingerprint density at radius 3 is 2.27 bits per heavy atom. The number of nitrogens with one attached hydrogen (secondary N) is 2. The van der Waals surface area contributed by atoms with E-state index in [1.165, 1.54) is 42.6 Å².